The van der Waals surface area contributed by atoms with Crippen LogP contribution in [0.15, 0.2) is 59.5 Å². The minimum Gasteiger partial charge on any atom is -0.351 e. The molecule has 2 heterocycles. The van der Waals surface area contributed by atoms with Crippen LogP contribution in [0.25, 0.3) is 11.3 Å². The van der Waals surface area contributed by atoms with Gasteiger partial charge in [-0.2, -0.15) is 17.5 Å². The molecule has 0 unspecified atom stereocenters. The summed E-state index contributed by atoms with van der Waals surface area (Å²) in [5.74, 6) is -0.768. The Morgan fingerprint density at radius 2 is 1.63 bits per heavy atom. The molecule has 2 N–H and O–H groups in total. The second-order valence-corrected chi connectivity index (χ2v) is 12.1. The molecule has 0 bridgehead atoms. The van der Waals surface area contributed by atoms with E-state index in [1.165, 1.54) is 24.3 Å². The quantitative estimate of drug-likeness (QED) is 0.352. The maximum absolute atomic E-state index is 13.3. The van der Waals surface area contributed by atoms with Gasteiger partial charge in [0.25, 0.3) is 0 Å². The molecule has 1 atom stereocenters. The van der Waals surface area contributed by atoms with Crippen LogP contribution in [-0.2, 0) is 27.5 Å². The molecule has 13 heteroatoms. The van der Waals surface area contributed by atoms with Gasteiger partial charge < -0.3 is 10.6 Å². The third-order valence-electron chi connectivity index (χ3n) is 7.35. The first-order valence-corrected chi connectivity index (χ1v) is 14.8. The van der Waals surface area contributed by atoms with Crippen LogP contribution in [0.2, 0.25) is 0 Å². The molecular formula is C28H29F4N5O3S. The number of hydrogen-bond acceptors (Lipinski definition) is 6. The standard InChI is InChI=1S/C28H29F4N5O3S/c29-20-11-13-23(14-12-20)41(39,40)37-15-3-6-25(37)26(38)33-17-22-16-24(18-7-9-19(10-8-18)28(30,31)32)36-27(35-22)34-21-4-1-2-5-21/h7-14,16,21,25H,1-6,15,17H2,(H,33,38)(H,34,35,36)/t25-/m0/s1. The second-order valence-electron chi connectivity index (χ2n) is 10.2. The van der Waals surface area contributed by atoms with E-state index in [-0.39, 0.29) is 24.0 Å². The smallest absolute Gasteiger partial charge is 0.351 e. The predicted octanol–water partition coefficient (Wildman–Crippen LogP) is 5.13. The van der Waals surface area contributed by atoms with E-state index in [4.69, 9.17) is 0 Å². The molecule has 218 valence electrons. The minimum absolute atomic E-state index is 0.0464. The van der Waals surface area contributed by atoms with Crippen molar-refractivity contribution in [3.05, 3.63) is 71.7 Å². The average Bonchev–Trinajstić information content (AvgIpc) is 3.65. The summed E-state index contributed by atoms with van der Waals surface area (Å²) in [7, 11) is -4.02. The fraction of sp³-hybridized carbons (Fsp3) is 0.393. The van der Waals surface area contributed by atoms with Crippen molar-refractivity contribution in [3.8, 4) is 11.3 Å². The molecule has 1 amide bonds. The number of aromatic nitrogens is 2. The Balaban J connectivity index is 1.35. The highest BCUT2D eigenvalue weighted by Gasteiger charge is 2.39. The van der Waals surface area contributed by atoms with Crippen LogP contribution < -0.4 is 10.6 Å². The van der Waals surface area contributed by atoms with Crippen LogP contribution in [0.1, 0.15) is 49.8 Å². The molecule has 3 aromatic rings. The highest BCUT2D eigenvalue weighted by Crippen LogP contribution is 2.31. The first-order valence-electron chi connectivity index (χ1n) is 13.4. The lowest BCUT2D eigenvalue weighted by molar-refractivity contribution is -0.137. The maximum atomic E-state index is 13.3. The zero-order chi connectivity index (χ0) is 29.2. The number of amides is 1. The normalized spacial score (nSPS) is 18.5. The summed E-state index contributed by atoms with van der Waals surface area (Å²) in [4.78, 5) is 22.1. The van der Waals surface area contributed by atoms with E-state index in [1.807, 2.05) is 0 Å². The number of halogens is 4. The number of anilines is 1. The van der Waals surface area contributed by atoms with E-state index in [1.54, 1.807) is 6.07 Å². The molecule has 1 aliphatic heterocycles. The Morgan fingerprint density at radius 1 is 0.951 bits per heavy atom. The Labute approximate surface area is 235 Å². The van der Waals surface area contributed by atoms with Gasteiger partial charge in [-0.1, -0.05) is 25.0 Å². The van der Waals surface area contributed by atoms with Crippen molar-refractivity contribution >= 4 is 21.9 Å². The maximum Gasteiger partial charge on any atom is 0.416 e. The third-order valence-corrected chi connectivity index (χ3v) is 9.27. The molecule has 1 aliphatic carbocycles. The summed E-state index contributed by atoms with van der Waals surface area (Å²) in [6.45, 7) is 0.105. The molecule has 8 nitrogen and oxygen atoms in total. The fourth-order valence-corrected chi connectivity index (χ4v) is 6.87. The van der Waals surface area contributed by atoms with Crippen molar-refractivity contribution in [1.82, 2.24) is 19.6 Å². The summed E-state index contributed by atoms with van der Waals surface area (Å²) >= 11 is 0. The highest BCUT2D eigenvalue weighted by molar-refractivity contribution is 7.89. The van der Waals surface area contributed by atoms with E-state index in [9.17, 15) is 30.8 Å². The van der Waals surface area contributed by atoms with Crippen molar-refractivity contribution in [3.63, 3.8) is 0 Å². The molecule has 2 aliphatic rings. The summed E-state index contributed by atoms with van der Waals surface area (Å²) in [6.07, 6.45) is 0.365. The van der Waals surface area contributed by atoms with Crippen LogP contribution in [0.3, 0.4) is 0 Å². The number of sulfonamides is 1. The monoisotopic (exact) mass is 591 g/mol. The van der Waals surface area contributed by atoms with E-state index < -0.39 is 39.5 Å². The van der Waals surface area contributed by atoms with E-state index in [2.05, 4.69) is 20.6 Å². The number of carbonyl (C=O) groups is 1. The van der Waals surface area contributed by atoms with Gasteiger partial charge in [0.2, 0.25) is 21.9 Å². The largest absolute Gasteiger partial charge is 0.416 e. The van der Waals surface area contributed by atoms with Crippen LogP contribution >= 0.6 is 0 Å². The van der Waals surface area contributed by atoms with E-state index >= 15 is 0 Å². The molecule has 41 heavy (non-hydrogen) atoms. The van der Waals surface area contributed by atoms with Gasteiger partial charge in [0.05, 0.1) is 28.4 Å². The number of nitrogens with zero attached hydrogens (tertiary/aromatic N) is 3. The zero-order valence-corrected chi connectivity index (χ0v) is 22.8. The molecule has 0 spiro atoms. The number of benzene rings is 2. The SMILES string of the molecule is O=C(NCc1cc(-c2ccc(C(F)(F)F)cc2)nc(NC2CCCC2)n1)[C@@H]1CCCN1S(=O)(=O)c1ccc(F)cc1. The van der Waals surface area contributed by atoms with Gasteiger partial charge in [0.1, 0.15) is 11.9 Å². The molecule has 2 fully saturated rings. The molecule has 0 radical (unpaired) electrons. The van der Waals surface area contributed by atoms with Gasteiger partial charge in [-0.15, -0.1) is 0 Å². The lowest BCUT2D eigenvalue weighted by Crippen LogP contribution is -2.45. The van der Waals surface area contributed by atoms with Gasteiger partial charge >= 0.3 is 6.18 Å². The average molecular weight is 592 g/mol. The van der Waals surface area contributed by atoms with Crippen molar-refractivity contribution in [2.45, 2.75) is 68.2 Å². The Bertz CT molecular complexity index is 1490. The lowest BCUT2D eigenvalue weighted by atomic mass is 10.1. The number of carbonyl (C=O) groups excluding carboxylic acids is 1. The van der Waals surface area contributed by atoms with E-state index in [0.29, 0.717) is 35.7 Å². The highest BCUT2D eigenvalue weighted by atomic mass is 32.2. The Morgan fingerprint density at radius 3 is 2.29 bits per heavy atom. The van der Waals surface area contributed by atoms with Crippen molar-refractivity contribution in [1.29, 1.82) is 0 Å². The van der Waals surface area contributed by atoms with Crippen LogP contribution in [-0.4, -0.2) is 47.2 Å². The van der Waals surface area contributed by atoms with Gasteiger partial charge in [-0.3, -0.25) is 4.79 Å². The summed E-state index contributed by atoms with van der Waals surface area (Å²) in [6, 6.07) is 9.90. The second kappa shape index (κ2) is 11.7. The predicted molar refractivity (Wildman–Crippen MR) is 144 cm³/mol. The summed E-state index contributed by atoms with van der Waals surface area (Å²) in [5.41, 5.74) is 0.480. The Kier molecular flexibility index (Phi) is 8.28. The van der Waals surface area contributed by atoms with Gasteiger partial charge in [-0.25, -0.2) is 22.8 Å². The number of hydrogen-bond donors (Lipinski definition) is 2. The topological polar surface area (TPSA) is 104 Å². The molecule has 1 saturated heterocycles. The third kappa shape index (κ3) is 6.67. The van der Waals surface area contributed by atoms with Crippen molar-refractivity contribution < 1.29 is 30.8 Å². The summed E-state index contributed by atoms with van der Waals surface area (Å²) < 4.78 is 80.0. The van der Waals surface area contributed by atoms with Crippen molar-refractivity contribution in [2.75, 3.05) is 11.9 Å². The number of alkyl halides is 3. The zero-order valence-electron chi connectivity index (χ0n) is 22.0. The van der Waals surface area contributed by atoms with Crippen LogP contribution in [0.5, 0.6) is 0 Å². The van der Waals surface area contributed by atoms with Gasteiger partial charge in [-0.05, 0) is 68.1 Å². The molecular weight excluding hydrogens is 562 g/mol. The number of nitrogens with one attached hydrogen (secondary N) is 2. The van der Waals surface area contributed by atoms with Gasteiger partial charge in [0, 0.05) is 18.2 Å². The molecule has 5 rings (SSSR count). The lowest BCUT2D eigenvalue weighted by Gasteiger charge is -2.23. The molecule has 2 aromatic carbocycles. The van der Waals surface area contributed by atoms with Crippen LogP contribution in [0, 0.1) is 5.82 Å². The first kappa shape index (κ1) is 28.9. The minimum atomic E-state index is -4.47. The first-order chi connectivity index (χ1) is 19.5. The number of rotatable bonds is 8. The van der Waals surface area contributed by atoms with Gasteiger partial charge in [0.15, 0.2) is 0 Å². The molecule has 1 aromatic heterocycles. The summed E-state index contributed by atoms with van der Waals surface area (Å²) in [5, 5.41) is 6.05. The van der Waals surface area contributed by atoms with Crippen molar-refractivity contribution in [2.24, 2.45) is 0 Å². The van der Waals surface area contributed by atoms with E-state index in [0.717, 1.165) is 54.3 Å². The fourth-order valence-electron chi connectivity index (χ4n) is 5.21. The molecule has 1 saturated carbocycles. The van der Waals surface area contributed by atoms with Crippen LogP contribution in [0.4, 0.5) is 23.5 Å². The Hall–Kier alpha value is -3.58.